The van der Waals surface area contributed by atoms with E-state index < -0.39 is 0 Å². The van der Waals surface area contributed by atoms with Crippen molar-refractivity contribution >= 4 is 5.91 Å². The fourth-order valence-corrected chi connectivity index (χ4v) is 2.75. The summed E-state index contributed by atoms with van der Waals surface area (Å²) in [6.07, 6.45) is 3.66. The Bertz CT molecular complexity index is 874. The standard InChI is InChI=1S/C20H22FN3O3/c1-24(2)16(17-8-5-11-26-17)12-22-19(25)9-10-20-23-13-18(27-20)14-6-3-4-7-15(14)21/h3-8,11,13,16H,9-10,12H2,1-2H3,(H,22,25). The summed E-state index contributed by atoms with van der Waals surface area (Å²) >= 11 is 0. The number of likely N-dealkylation sites (N-methyl/N-ethyl adjacent to an activating group) is 1. The largest absolute Gasteiger partial charge is 0.468 e. The van der Waals surface area contributed by atoms with Gasteiger partial charge in [0.05, 0.1) is 24.1 Å². The van der Waals surface area contributed by atoms with Crippen LogP contribution < -0.4 is 5.32 Å². The van der Waals surface area contributed by atoms with Crippen LogP contribution in [0.2, 0.25) is 0 Å². The fraction of sp³-hybridized carbons (Fsp3) is 0.300. The first-order valence-corrected chi connectivity index (χ1v) is 8.70. The summed E-state index contributed by atoms with van der Waals surface area (Å²) < 4.78 is 24.8. The van der Waals surface area contributed by atoms with E-state index in [2.05, 4.69) is 10.3 Å². The number of rotatable bonds is 8. The quantitative estimate of drug-likeness (QED) is 0.657. The molecule has 0 fully saturated rings. The van der Waals surface area contributed by atoms with Crippen LogP contribution in [0.4, 0.5) is 4.39 Å². The molecule has 2 heterocycles. The zero-order valence-corrected chi connectivity index (χ0v) is 15.3. The molecule has 1 unspecified atom stereocenters. The summed E-state index contributed by atoms with van der Waals surface area (Å²) in [5.41, 5.74) is 0.355. The third kappa shape index (κ3) is 4.83. The molecule has 0 aliphatic rings. The van der Waals surface area contributed by atoms with E-state index in [-0.39, 0.29) is 24.2 Å². The zero-order chi connectivity index (χ0) is 19.2. The highest BCUT2D eigenvalue weighted by molar-refractivity contribution is 5.76. The van der Waals surface area contributed by atoms with Crippen molar-refractivity contribution in [1.29, 1.82) is 0 Å². The highest BCUT2D eigenvalue weighted by Gasteiger charge is 2.18. The van der Waals surface area contributed by atoms with Gasteiger partial charge in [-0.3, -0.25) is 9.69 Å². The van der Waals surface area contributed by atoms with Crippen LogP contribution in [0, 0.1) is 5.82 Å². The van der Waals surface area contributed by atoms with Gasteiger partial charge in [0, 0.05) is 19.4 Å². The lowest BCUT2D eigenvalue weighted by Crippen LogP contribution is -2.34. The van der Waals surface area contributed by atoms with Crippen molar-refractivity contribution in [2.45, 2.75) is 18.9 Å². The first-order valence-electron chi connectivity index (χ1n) is 8.70. The Hall–Kier alpha value is -2.93. The van der Waals surface area contributed by atoms with Gasteiger partial charge in [0.15, 0.2) is 11.7 Å². The van der Waals surface area contributed by atoms with Crippen molar-refractivity contribution in [1.82, 2.24) is 15.2 Å². The molecule has 0 bridgehead atoms. The molecule has 7 heteroatoms. The zero-order valence-electron chi connectivity index (χ0n) is 15.3. The number of amides is 1. The number of hydrogen-bond acceptors (Lipinski definition) is 5. The van der Waals surface area contributed by atoms with Crippen molar-refractivity contribution in [2.75, 3.05) is 20.6 Å². The molecule has 3 rings (SSSR count). The molecule has 0 saturated heterocycles. The molecule has 0 aliphatic carbocycles. The topological polar surface area (TPSA) is 71.5 Å². The SMILES string of the molecule is CN(C)C(CNC(=O)CCc1ncc(-c2ccccc2F)o1)c1ccco1. The number of halogens is 1. The van der Waals surface area contributed by atoms with E-state index >= 15 is 0 Å². The van der Waals surface area contributed by atoms with Crippen LogP contribution in [-0.2, 0) is 11.2 Å². The lowest BCUT2D eigenvalue weighted by molar-refractivity contribution is -0.121. The number of carbonyl (C=O) groups excluding carboxylic acids is 1. The monoisotopic (exact) mass is 371 g/mol. The molecule has 0 spiro atoms. The molecule has 1 amide bonds. The van der Waals surface area contributed by atoms with E-state index in [0.29, 0.717) is 30.2 Å². The van der Waals surface area contributed by atoms with Crippen molar-refractivity contribution in [3.05, 3.63) is 66.3 Å². The van der Waals surface area contributed by atoms with E-state index in [1.807, 2.05) is 31.1 Å². The van der Waals surface area contributed by atoms with Crippen LogP contribution in [-0.4, -0.2) is 36.4 Å². The Morgan fingerprint density at radius 2 is 2.07 bits per heavy atom. The lowest BCUT2D eigenvalue weighted by Gasteiger charge is -2.22. The van der Waals surface area contributed by atoms with Gasteiger partial charge in [0.1, 0.15) is 11.6 Å². The number of aryl methyl sites for hydroxylation is 1. The van der Waals surface area contributed by atoms with Gasteiger partial charge in [-0.1, -0.05) is 12.1 Å². The van der Waals surface area contributed by atoms with Gasteiger partial charge >= 0.3 is 0 Å². The van der Waals surface area contributed by atoms with E-state index in [1.165, 1.54) is 12.3 Å². The smallest absolute Gasteiger partial charge is 0.220 e. The number of hydrogen-bond donors (Lipinski definition) is 1. The van der Waals surface area contributed by atoms with Gasteiger partial charge in [-0.2, -0.15) is 0 Å². The second-order valence-corrected chi connectivity index (χ2v) is 6.40. The average molecular weight is 371 g/mol. The highest BCUT2D eigenvalue weighted by atomic mass is 19.1. The van der Waals surface area contributed by atoms with Crippen LogP contribution >= 0.6 is 0 Å². The van der Waals surface area contributed by atoms with E-state index in [4.69, 9.17) is 8.83 Å². The minimum Gasteiger partial charge on any atom is -0.468 e. The highest BCUT2D eigenvalue weighted by Crippen LogP contribution is 2.23. The lowest BCUT2D eigenvalue weighted by atomic mass is 10.2. The predicted octanol–water partition coefficient (Wildman–Crippen LogP) is 3.43. The maximum atomic E-state index is 13.8. The number of furan rings is 1. The third-order valence-corrected chi connectivity index (χ3v) is 4.25. The molecule has 0 radical (unpaired) electrons. The maximum absolute atomic E-state index is 13.8. The summed E-state index contributed by atoms with van der Waals surface area (Å²) in [4.78, 5) is 18.3. The van der Waals surface area contributed by atoms with Crippen molar-refractivity contribution in [3.8, 4) is 11.3 Å². The van der Waals surface area contributed by atoms with Gasteiger partial charge in [-0.25, -0.2) is 9.37 Å². The van der Waals surface area contributed by atoms with Gasteiger partial charge in [-0.15, -0.1) is 0 Å². The first-order chi connectivity index (χ1) is 13.0. The summed E-state index contributed by atoms with van der Waals surface area (Å²) in [5, 5.41) is 2.90. The van der Waals surface area contributed by atoms with Crippen molar-refractivity contribution < 1.29 is 18.0 Å². The molecule has 2 aromatic heterocycles. The van der Waals surface area contributed by atoms with Gasteiger partial charge in [0.2, 0.25) is 5.91 Å². The normalized spacial score (nSPS) is 12.3. The third-order valence-electron chi connectivity index (χ3n) is 4.25. The number of aromatic nitrogens is 1. The van der Waals surface area contributed by atoms with Crippen LogP contribution in [0.3, 0.4) is 0 Å². The maximum Gasteiger partial charge on any atom is 0.220 e. The van der Waals surface area contributed by atoms with Crippen LogP contribution in [0.5, 0.6) is 0 Å². The molecule has 6 nitrogen and oxygen atoms in total. The summed E-state index contributed by atoms with van der Waals surface area (Å²) in [5.74, 6) is 1.07. The van der Waals surface area contributed by atoms with Crippen LogP contribution in [0.25, 0.3) is 11.3 Å². The summed E-state index contributed by atoms with van der Waals surface area (Å²) in [6, 6.07) is 10.0. The number of carbonyl (C=O) groups is 1. The molecule has 142 valence electrons. The fourth-order valence-electron chi connectivity index (χ4n) is 2.75. The molecule has 0 saturated carbocycles. The molecule has 0 aliphatic heterocycles. The van der Waals surface area contributed by atoms with Gasteiger partial charge in [0.25, 0.3) is 0 Å². The number of oxazole rings is 1. The summed E-state index contributed by atoms with van der Waals surface area (Å²) in [6.45, 7) is 0.436. The Morgan fingerprint density at radius 1 is 1.26 bits per heavy atom. The first kappa shape index (κ1) is 18.8. The average Bonchev–Trinajstić information content (AvgIpc) is 3.32. The molecule has 1 aromatic carbocycles. The Labute approximate surface area is 157 Å². The molecular formula is C20H22FN3O3. The van der Waals surface area contributed by atoms with Crippen LogP contribution in [0.1, 0.15) is 24.1 Å². The number of nitrogens with one attached hydrogen (secondary N) is 1. The molecule has 3 aromatic rings. The second-order valence-electron chi connectivity index (χ2n) is 6.40. The molecule has 1 atom stereocenters. The van der Waals surface area contributed by atoms with Gasteiger partial charge in [-0.05, 0) is 38.4 Å². The minimum atomic E-state index is -0.370. The van der Waals surface area contributed by atoms with Crippen molar-refractivity contribution in [3.63, 3.8) is 0 Å². The molecule has 1 N–H and O–H groups in total. The number of nitrogens with zero attached hydrogens (tertiary/aromatic N) is 2. The van der Waals surface area contributed by atoms with E-state index in [9.17, 15) is 9.18 Å². The Morgan fingerprint density at radius 3 is 2.78 bits per heavy atom. The second kappa shape index (κ2) is 8.64. The Kier molecular flexibility index (Phi) is 6.03. The predicted molar refractivity (Wildman–Crippen MR) is 98.4 cm³/mol. The van der Waals surface area contributed by atoms with E-state index in [1.54, 1.807) is 24.5 Å². The molecular weight excluding hydrogens is 349 g/mol. The Balaban J connectivity index is 1.52. The number of benzene rings is 1. The molecule has 27 heavy (non-hydrogen) atoms. The summed E-state index contributed by atoms with van der Waals surface area (Å²) in [7, 11) is 3.85. The van der Waals surface area contributed by atoms with Gasteiger partial charge < -0.3 is 14.2 Å². The minimum absolute atomic E-state index is 0.0432. The van der Waals surface area contributed by atoms with E-state index in [0.717, 1.165) is 5.76 Å². The van der Waals surface area contributed by atoms with Crippen molar-refractivity contribution in [2.24, 2.45) is 0 Å². The van der Waals surface area contributed by atoms with Crippen LogP contribution in [0.15, 0.2) is 57.7 Å².